The molecule has 1 aromatic rings. The number of nitrogens with zero attached hydrogens (tertiary/aromatic N) is 1. The number of benzene rings is 1. The Morgan fingerprint density at radius 3 is 2.74 bits per heavy atom. The fraction of sp³-hybridized carbons (Fsp3) is 0.579. The van der Waals surface area contributed by atoms with Gasteiger partial charge < -0.3 is 20.7 Å². The van der Waals surface area contributed by atoms with Crippen molar-refractivity contribution in [1.29, 1.82) is 0 Å². The van der Waals surface area contributed by atoms with Gasteiger partial charge in [-0.25, -0.2) is 0 Å². The van der Waals surface area contributed by atoms with Crippen LogP contribution in [0.15, 0.2) is 24.3 Å². The minimum absolute atomic E-state index is 0. The molecule has 8 heteroatoms. The van der Waals surface area contributed by atoms with E-state index in [0.29, 0.717) is 31.0 Å². The Balaban J connectivity index is 0.00000261. The number of hydrogen-bond acceptors (Lipinski definition) is 4. The van der Waals surface area contributed by atoms with Crippen LogP contribution in [0.4, 0.5) is 5.69 Å². The molecule has 1 heterocycles. The van der Waals surface area contributed by atoms with E-state index in [1.54, 1.807) is 23.1 Å². The van der Waals surface area contributed by atoms with Gasteiger partial charge in [-0.05, 0) is 31.5 Å². The van der Waals surface area contributed by atoms with Crippen molar-refractivity contribution in [3.05, 3.63) is 29.3 Å². The van der Waals surface area contributed by atoms with Gasteiger partial charge in [-0.3, -0.25) is 9.59 Å². The molecule has 1 saturated heterocycles. The van der Waals surface area contributed by atoms with Gasteiger partial charge in [-0.2, -0.15) is 0 Å². The molecule has 1 aliphatic carbocycles. The predicted octanol–water partition coefficient (Wildman–Crippen LogP) is 2.52. The van der Waals surface area contributed by atoms with Gasteiger partial charge in [0, 0.05) is 35.7 Å². The van der Waals surface area contributed by atoms with Crippen molar-refractivity contribution in [3.63, 3.8) is 0 Å². The molecule has 0 spiro atoms. The Kier molecular flexibility index (Phi) is 6.47. The van der Waals surface area contributed by atoms with Gasteiger partial charge in [-0.15, -0.1) is 12.4 Å². The Morgan fingerprint density at radius 2 is 2.15 bits per heavy atom. The number of rotatable bonds is 5. The van der Waals surface area contributed by atoms with Crippen molar-refractivity contribution in [2.75, 3.05) is 18.1 Å². The van der Waals surface area contributed by atoms with Gasteiger partial charge in [0.1, 0.15) is 11.6 Å². The fourth-order valence-electron chi connectivity index (χ4n) is 3.82. The maximum Gasteiger partial charge on any atom is 0.249 e. The summed E-state index contributed by atoms with van der Waals surface area (Å²) in [6.07, 6.45) is 0.951. The minimum atomic E-state index is -1.03. The zero-order valence-corrected chi connectivity index (χ0v) is 17.4. The molecule has 1 saturated carbocycles. The topological polar surface area (TPSA) is 84.7 Å². The van der Waals surface area contributed by atoms with Crippen molar-refractivity contribution >= 4 is 41.5 Å². The highest BCUT2D eigenvalue weighted by Gasteiger charge is 2.63. The van der Waals surface area contributed by atoms with Crippen molar-refractivity contribution in [3.8, 4) is 0 Å². The third kappa shape index (κ3) is 3.68. The lowest BCUT2D eigenvalue weighted by atomic mass is 9.54. The highest BCUT2D eigenvalue weighted by Crippen LogP contribution is 2.50. The standard InChI is InChI=1S/C19H26ClN3O3.ClH/c1-4-26-15-11-19(21,18(15,2)3)17(25)22-14-8-9-23(16(14)24)13-7-5-6-12(20)10-13;/h5-7,10,14-15H,4,8-9,11,21H2,1-3H3,(H,22,25);1H. The average Bonchev–Trinajstić information content (AvgIpc) is 2.95. The predicted molar refractivity (Wildman–Crippen MR) is 108 cm³/mol. The second-order valence-corrected chi connectivity index (χ2v) is 8.06. The number of carbonyl (C=O) groups excluding carboxylic acids is 2. The number of anilines is 1. The van der Waals surface area contributed by atoms with Crippen LogP contribution in [0.25, 0.3) is 0 Å². The first-order valence-corrected chi connectivity index (χ1v) is 9.37. The van der Waals surface area contributed by atoms with Gasteiger partial charge in [0.25, 0.3) is 0 Å². The normalized spacial score (nSPS) is 29.1. The molecule has 2 aliphatic rings. The quantitative estimate of drug-likeness (QED) is 0.773. The zero-order chi connectivity index (χ0) is 19.1. The number of halogens is 2. The first-order valence-electron chi connectivity index (χ1n) is 8.99. The Morgan fingerprint density at radius 1 is 1.44 bits per heavy atom. The van der Waals surface area contributed by atoms with Gasteiger partial charge in [0.2, 0.25) is 11.8 Å². The van der Waals surface area contributed by atoms with Crippen molar-refractivity contribution < 1.29 is 14.3 Å². The maximum atomic E-state index is 12.8. The number of amides is 2. The van der Waals surface area contributed by atoms with E-state index in [-0.39, 0.29) is 30.3 Å². The van der Waals surface area contributed by atoms with Crippen molar-refractivity contribution in [2.45, 2.75) is 51.3 Å². The molecule has 1 aliphatic heterocycles. The molecule has 3 N–H and O–H groups in total. The largest absolute Gasteiger partial charge is 0.378 e. The second-order valence-electron chi connectivity index (χ2n) is 7.63. The smallest absolute Gasteiger partial charge is 0.249 e. The molecule has 150 valence electrons. The summed E-state index contributed by atoms with van der Waals surface area (Å²) in [6, 6.07) is 6.58. The molecule has 6 nitrogen and oxygen atoms in total. The molecule has 3 unspecified atom stereocenters. The maximum absolute atomic E-state index is 12.8. The molecule has 2 fully saturated rings. The van der Waals surface area contributed by atoms with E-state index in [1.807, 2.05) is 26.8 Å². The van der Waals surface area contributed by atoms with Gasteiger partial charge in [0.15, 0.2) is 0 Å². The van der Waals surface area contributed by atoms with Gasteiger partial charge in [0.05, 0.1) is 6.10 Å². The van der Waals surface area contributed by atoms with E-state index in [1.165, 1.54) is 0 Å². The molecule has 2 amide bonds. The zero-order valence-electron chi connectivity index (χ0n) is 15.8. The van der Waals surface area contributed by atoms with E-state index >= 15 is 0 Å². The van der Waals surface area contributed by atoms with Crippen LogP contribution < -0.4 is 16.0 Å². The Bertz CT molecular complexity index is 728. The molecule has 0 aromatic heterocycles. The highest BCUT2D eigenvalue weighted by molar-refractivity contribution is 6.31. The summed E-state index contributed by atoms with van der Waals surface area (Å²) >= 11 is 6.01. The van der Waals surface area contributed by atoms with Crippen LogP contribution in [0.5, 0.6) is 0 Å². The third-order valence-corrected chi connectivity index (χ3v) is 6.10. The number of nitrogens with one attached hydrogen (secondary N) is 1. The third-order valence-electron chi connectivity index (χ3n) is 5.87. The molecular formula is C19H27Cl2N3O3. The van der Waals surface area contributed by atoms with Crippen LogP contribution in [0.2, 0.25) is 5.02 Å². The number of carbonyl (C=O) groups is 2. The first-order chi connectivity index (χ1) is 12.2. The fourth-order valence-corrected chi connectivity index (χ4v) is 4.01. The van der Waals surface area contributed by atoms with Gasteiger partial charge >= 0.3 is 0 Å². The first kappa shape index (κ1) is 22.0. The van der Waals surface area contributed by atoms with E-state index in [0.717, 1.165) is 5.69 Å². The van der Waals surface area contributed by atoms with E-state index < -0.39 is 17.0 Å². The number of nitrogens with two attached hydrogens (primary N) is 1. The lowest BCUT2D eigenvalue weighted by molar-refractivity contribution is -0.171. The summed E-state index contributed by atoms with van der Waals surface area (Å²) in [7, 11) is 0. The molecule has 0 bridgehead atoms. The summed E-state index contributed by atoms with van der Waals surface area (Å²) in [5, 5.41) is 3.43. The van der Waals surface area contributed by atoms with E-state index in [2.05, 4.69) is 5.32 Å². The van der Waals surface area contributed by atoms with Crippen molar-refractivity contribution in [1.82, 2.24) is 5.32 Å². The van der Waals surface area contributed by atoms with Crippen LogP contribution >= 0.6 is 24.0 Å². The minimum Gasteiger partial charge on any atom is -0.378 e. The van der Waals surface area contributed by atoms with E-state index in [9.17, 15) is 9.59 Å². The SMILES string of the molecule is CCOC1CC(N)(C(=O)NC2CCN(c3cccc(Cl)c3)C2=O)C1(C)C.Cl. The molecule has 3 rings (SSSR count). The van der Waals surface area contributed by atoms with Crippen LogP contribution in [0.3, 0.4) is 0 Å². The highest BCUT2D eigenvalue weighted by atomic mass is 35.5. The second kappa shape index (κ2) is 7.95. The lowest BCUT2D eigenvalue weighted by Gasteiger charge is -2.57. The van der Waals surface area contributed by atoms with Crippen LogP contribution in [-0.4, -0.2) is 42.7 Å². The molecule has 3 atom stereocenters. The van der Waals surface area contributed by atoms with Crippen molar-refractivity contribution in [2.24, 2.45) is 11.1 Å². The van der Waals surface area contributed by atoms with Crippen LogP contribution in [-0.2, 0) is 14.3 Å². The summed E-state index contributed by atoms with van der Waals surface area (Å²) in [5.74, 6) is -0.424. The molecule has 27 heavy (non-hydrogen) atoms. The Labute approximate surface area is 171 Å². The summed E-state index contributed by atoms with van der Waals surface area (Å²) in [4.78, 5) is 27.2. The van der Waals surface area contributed by atoms with Crippen LogP contribution in [0.1, 0.15) is 33.6 Å². The average molecular weight is 416 g/mol. The molecular weight excluding hydrogens is 389 g/mol. The number of hydrogen-bond donors (Lipinski definition) is 2. The monoisotopic (exact) mass is 415 g/mol. The molecule has 1 aromatic carbocycles. The lowest BCUT2D eigenvalue weighted by Crippen LogP contribution is -2.76. The Hall–Kier alpha value is -1.34. The number of ether oxygens (including phenoxy) is 1. The molecule has 0 radical (unpaired) electrons. The summed E-state index contributed by atoms with van der Waals surface area (Å²) < 4.78 is 5.67. The van der Waals surface area contributed by atoms with Crippen LogP contribution in [0, 0.1) is 5.41 Å². The van der Waals surface area contributed by atoms with E-state index in [4.69, 9.17) is 22.1 Å². The van der Waals surface area contributed by atoms with Gasteiger partial charge in [-0.1, -0.05) is 31.5 Å². The summed E-state index contributed by atoms with van der Waals surface area (Å²) in [5.41, 5.74) is 5.62. The summed E-state index contributed by atoms with van der Waals surface area (Å²) in [6.45, 7) is 6.92.